The summed E-state index contributed by atoms with van der Waals surface area (Å²) in [5.41, 5.74) is -0.484. The molecular formula is C25H32Cl2N3O9P. The molecule has 2 fully saturated rings. The number of ether oxygens (including phenoxy) is 2. The Morgan fingerprint density at radius 3 is 2.62 bits per heavy atom. The van der Waals surface area contributed by atoms with Crippen molar-refractivity contribution in [2.24, 2.45) is 0 Å². The van der Waals surface area contributed by atoms with Crippen LogP contribution in [-0.2, 0) is 23.4 Å². The van der Waals surface area contributed by atoms with Gasteiger partial charge in [0.2, 0.25) is 0 Å². The number of carbonyl (C=O) groups is 1. The monoisotopic (exact) mass is 619 g/mol. The van der Waals surface area contributed by atoms with Gasteiger partial charge < -0.3 is 19.1 Å². The van der Waals surface area contributed by atoms with E-state index in [1.165, 1.54) is 6.92 Å². The van der Waals surface area contributed by atoms with E-state index < -0.39 is 66.5 Å². The summed E-state index contributed by atoms with van der Waals surface area (Å²) in [5, 5.41) is 13.4. The van der Waals surface area contributed by atoms with Crippen molar-refractivity contribution in [1.29, 1.82) is 0 Å². The molecule has 2 aliphatic rings. The lowest BCUT2D eigenvalue weighted by Gasteiger charge is -2.27. The number of nitrogens with one attached hydrogen (secondary N) is 2. The summed E-state index contributed by atoms with van der Waals surface area (Å²) in [6, 6.07) is 7.08. The summed E-state index contributed by atoms with van der Waals surface area (Å²) >= 11 is 12.7. The van der Waals surface area contributed by atoms with Gasteiger partial charge >= 0.3 is 19.4 Å². The average Bonchev–Trinajstić information content (AvgIpc) is 3.05. The molecule has 1 saturated carbocycles. The number of aromatic nitrogens is 2. The Kier molecular flexibility index (Phi) is 9.51. The van der Waals surface area contributed by atoms with Crippen molar-refractivity contribution in [2.75, 3.05) is 6.61 Å². The van der Waals surface area contributed by atoms with Crippen molar-refractivity contribution in [3.63, 3.8) is 0 Å². The molecule has 0 amide bonds. The van der Waals surface area contributed by atoms with Crippen LogP contribution >= 0.6 is 30.9 Å². The highest BCUT2D eigenvalue weighted by Gasteiger charge is 2.56. The first-order valence-electron chi connectivity index (χ1n) is 12.8. The number of esters is 1. The zero-order valence-electron chi connectivity index (χ0n) is 22.1. The van der Waals surface area contributed by atoms with Crippen LogP contribution < -0.4 is 20.9 Å². The Bertz CT molecular complexity index is 1380. The van der Waals surface area contributed by atoms with Gasteiger partial charge in [0.05, 0.1) is 12.7 Å². The van der Waals surface area contributed by atoms with Crippen molar-refractivity contribution in [3.8, 4) is 5.75 Å². The Balaban J connectivity index is 1.54. The second-order valence-corrected chi connectivity index (χ2v) is 13.2. The summed E-state index contributed by atoms with van der Waals surface area (Å²) < 4.78 is 35.2. The number of hydrogen-bond acceptors (Lipinski definition) is 9. The minimum atomic E-state index is -4.31. The van der Waals surface area contributed by atoms with Crippen molar-refractivity contribution in [3.05, 3.63) is 62.9 Å². The van der Waals surface area contributed by atoms with E-state index in [9.17, 15) is 24.1 Å². The van der Waals surface area contributed by atoms with Gasteiger partial charge in [0.1, 0.15) is 24.0 Å². The Labute approximate surface area is 240 Å². The average molecular weight is 620 g/mol. The number of aliphatic hydroxyl groups is 1. The van der Waals surface area contributed by atoms with Crippen LogP contribution in [-0.4, -0.2) is 55.9 Å². The van der Waals surface area contributed by atoms with Gasteiger partial charge in [-0.15, -0.1) is 0 Å². The molecule has 220 valence electrons. The highest BCUT2D eigenvalue weighted by atomic mass is 35.5. The molecule has 1 aliphatic carbocycles. The molecule has 4 rings (SSSR count). The van der Waals surface area contributed by atoms with E-state index in [0.717, 1.165) is 41.7 Å². The van der Waals surface area contributed by atoms with Gasteiger partial charge in [-0.05, 0) is 57.2 Å². The van der Waals surface area contributed by atoms with Gasteiger partial charge in [-0.1, -0.05) is 41.8 Å². The lowest BCUT2D eigenvalue weighted by Crippen LogP contribution is -2.41. The highest BCUT2D eigenvalue weighted by molar-refractivity contribution is 7.52. The van der Waals surface area contributed by atoms with E-state index >= 15 is 0 Å². The van der Waals surface area contributed by atoms with Gasteiger partial charge in [0, 0.05) is 12.3 Å². The molecule has 5 atom stereocenters. The second kappa shape index (κ2) is 12.4. The maximum atomic E-state index is 14.0. The highest BCUT2D eigenvalue weighted by Crippen LogP contribution is 2.50. The van der Waals surface area contributed by atoms with Crippen LogP contribution in [0.1, 0.15) is 57.7 Å². The number of hydrogen-bond donors (Lipinski definition) is 3. The third kappa shape index (κ3) is 6.99. The molecule has 1 saturated heterocycles. The molecule has 1 aromatic carbocycles. The smallest absolute Gasteiger partial charge is 0.459 e. The first-order valence-corrected chi connectivity index (χ1v) is 15.1. The largest absolute Gasteiger partial charge is 0.462 e. The maximum Gasteiger partial charge on any atom is 0.459 e. The topological polar surface area (TPSA) is 158 Å². The van der Waals surface area contributed by atoms with Crippen molar-refractivity contribution in [1.82, 2.24) is 14.6 Å². The fraction of sp³-hybridized carbons (Fsp3) is 0.560. The van der Waals surface area contributed by atoms with E-state index in [1.807, 2.05) is 6.07 Å². The van der Waals surface area contributed by atoms with E-state index in [2.05, 4.69) is 10.1 Å². The predicted octanol–water partition coefficient (Wildman–Crippen LogP) is 3.37. The molecule has 12 nitrogen and oxygen atoms in total. The summed E-state index contributed by atoms with van der Waals surface area (Å²) in [6.07, 6.45) is -0.383. The molecule has 0 radical (unpaired) electrons. The number of nitrogens with zero attached hydrogens (tertiary/aromatic N) is 1. The lowest BCUT2D eigenvalue weighted by atomic mass is 9.80. The van der Waals surface area contributed by atoms with Gasteiger partial charge in [-0.25, -0.2) is 9.36 Å². The molecule has 0 unspecified atom stereocenters. The summed E-state index contributed by atoms with van der Waals surface area (Å²) in [4.78, 5) is 38.3. The van der Waals surface area contributed by atoms with Crippen LogP contribution in [0.5, 0.6) is 5.75 Å². The standard InChI is InChI=1S/C25H32Cl2N3O9P/c1-14(2)37-22(33)15(3)29-40(35,39-18-9-5-8-17(12-18)16-6-4-7-16)36-13-19-21(32)25(26,27)23(38-19)30-11-10-20(31)28-24(30)34/h5,8-12,14-16,19,21,23,32H,4,6-7,13H2,1-3H3,(H,29,35)(H,28,31,34)/t15-,19+,21+,23+,40+/m0/s1. The zero-order valence-corrected chi connectivity index (χ0v) is 24.5. The van der Waals surface area contributed by atoms with E-state index in [0.29, 0.717) is 5.92 Å². The summed E-state index contributed by atoms with van der Waals surface area (Å²) in [7, 11) is -4.31. The number of alkyl halides is 2. The minimum Gasteiger partial charge on any atom is -0.462 e. The first kappa shape index (κ1) is 30.8. The fourth-order valence-corrected chi connectivity index (χ4v) is 6.40. The molecule has 40 heavy (non-hydrogen) atoms. The Morgan fingerprint density at radius 2 is 2.00 bits per heavy atom. The number of rotatable bonds is 11. The SMILES string of the molecule is CC(C)OC(=O)[C@H](C)N[P@@](=O)(OC[C@H]1O[C@@H](n2ccc(=O)[nH]c2=O)C(Cl)(Cl)[C@@H]1O)Oc1cccc(C2CCC2)c1. The number of aromatic amines is 1. The van der Waals surface area contributed by atoms with E-state index in [4.69, 9.17) is 41.7 Å². The normalized spacial score (nSPS) is 24.7. The Hall–Kier alpha value is -2.18. The maximum absolute atomic E-state index is 14.0. The predicted molar refractivity (Wildman–Crippen MR) is 147 cm³/mol. The van der Waals surface area contributed by atoms with Gasteiger partial charge in [0.25, 0.3) is 5.56 Å². The van der Waals surface area contributed by atoms with Crippen LogP contribution in [0.2, 0.25) is 0 Å². The van der Waals surface area contributed by atoms with Crippen molar-refractivity contribution >= 4 is 36.9 Å². The number of halogens is 2. The molecule has 1 aliphatic heterocycles. The molecule has 0 bridgehead atoms. The van der Waals surface area contributed by atoms with Gasteiger partial charge in [-0.3, -0.25) is 23.7 Å². The molecular weight excluding hydrogens is 588 g/mol. The van der Waals surface area contributed by atoms with E-state index in [1.54, 1.807) is 32.0 Å². The second-order valence-electron chi connectivity index (χ2n) is 10.1. The van der Waals surface area contributed by atoms with E-state index in [-0.39, 0.29) is 5.75 Å². The number of aliphatic hydroxyl groups excluding tert-OH is 1. The fourth-order valence-electron chi connectivity index (χ4n) is 4.31. The lowest BCUT2D eigenvalue weighted by molar-refractivity contribution is -0.149. The molecule has 2 heterocycles. The van der Waals surface area contributed by atoms with Crippen LogP contribution in [0.25, 0.3) is 0 Å². The molecule has 2 aromatic rings. The summed E-state index contributed by atoms with van der Waals surface area (Å²) in [6.45, 7) is 4.24. The molecule has 0 spiro atoms. The first-order chi connectivity index (χ1) is 18.8. The zero-order chi connectivity index (χ0) is 29.2. The van der Waals surface area contributed by atoms with Gasteiger partial charge in [-0.2, -0.15) is 5.09 Å². The molecule has 15 heteroatoms. The van der Waals surface area contributed by atoms with Crippen LogP contribution in [0.15, 0.2) is 46.1 Å². The summed E-state index contributed by atoms with van der Waals surface area (Å²) in [5.74, 6) is -0.0484. The van der Waals surface area contributed by atoms with Crippen LogP contribution in [0.4, 0.5) is 0 Å². The van der Waals surface area contributed by atoms with Gasteiger partial charge in [0.15, 0.2) is 10.6 Å². The van der Waals surface area contributed by atoms with Crippen LogP contribution in [0, 0.1) is 0 Å². The minimum absolute atomic E-state index is 0.249. The van der Waals surface area contributed by atoms with Crippen molar-refractivity contribution in [2.45, 2.75) is 80.9 Å². The Morgan fingerprint density at radius 1 is 1.27 bits per heavy atom. The quantitative estimate of drug-likeness (QED) is 0.193. The third-order valence-corrected chi connectivity index (χ3v) is 9.07. The third-order valence-electron chi connectivity index (χ3n) is 6.61. The van der Waals surface area contributed by atoms with Crippen molar-refractivity contribution < 1.29 is 33.0 Å². The van der Waals surface area contributed by atoms with Crippen LogP contribution in [0.3, 0.4) is 0 Å². The number of carbonyl (C=O) groups excluding carboxylic acids is 1. The molecule has 1 aromatic heterocycles. The molecule has 3 N–H and O–H groups in total. The number of H-pyrrole nitrogens is 1. The number of benzene rings is 1.